The van der Waals surface area contributed by atoms with Gasteiger partial charge >= 0.3 is 0 Å². The second-order valence-electron chi connectivity index (χ2n) is 5.88. The van der Waals surface area contributed by atoms with E-state index >= 15 is 0 Å². The summed E-state index contributed by atoms with van der Waals surface area (Å²) in [5, 5.41) is 10.3. The van der Waals surface area contributed by atoms with E-state index in [1.54, 1.807) is 6.07 Å². The third-order valence-electron chi connectivity index (χ3n) is 3.08. The van der Waals surface area contributed by atoms with Gasteiger partial charge in [0, 0.05) is 17.8 Å². The van der Waals surface area contributed by atoms with Crippen LogP contribution >= 0.6 is 0 Å². The first-order chi connectivity index (χ1) is 9.77. The molecule has 4 heteroatoms. The molecule has 0 aliphatic rings. The van der Waals surface area contributed by atoms with Crippen LogP contribution in [0.5, 0.6) is 5.75 Å². The first-order valence-electron chi connectivity index (χ1n) is 6.60. The Morgan fingerprint density at radius 1 is 1.05 bits per heavy atom. The van der Waals surface area contributed by atoms with Crippen LogP contribution in [0.15, 0.2) is 41.4 Å². The maximum atomic E-state index is 13.1. The average molecular weight is 289 g/mol. The third kappa shape index (κ3) is 3.66. The monoisotopic (exact) mass is 289 g/mol. The number of hydrogen-bond donors (Lipinski definition) is 1. The molecule has 0 saturated carbocycles. The van der Waals surface area contributed by atoms with Gasteiger partial charge in [-0.25, -0.2) is 8.78 Å². The van der Waals surface area contributed by atoms with Crippen molar-refractivity contribution in [3.05, 3.63) is 59.2 Å². The number of para-hydroxylation sites is 1. The quantitative estimate of drug-likeness (QED) is 0.797. The Morgan fingerprint density at radius 3 is 2.24 bits per heavy atom. The Labute approximate surface area is 122 Å². The van der Waals surface area contributed by atoms with Gasteiger partial charge in [0.15, 0.2) is 0 Å². The molecule has 2 nitrogen and oxygen atoms in total. The Morgan fingerprint density at radius 2 is 1.67 bits per heavy atom. The first-order valence-corrected chi connectivity index (χ1v) is 6.60. The Bertz CT molecular complexity index is 667. The van der Waals surface area contributed by atoms with Crippen LogP contribution in [0.2, 0.25) is 0 Å². The van der Waals surface area contributed by atoms with Gasteiger partial charge in [-0.1, -0.05) is 32.9 Å². The van der Waals surface area contributed by atoms with Gasteiger partial charge in [0.1, 0.15) is 17.4 Å². The number of phenols is 1. The lowest BCUT2D eigenvalue weighted by Crippen LogP contribution is -2.11. The molecule has 0 amide bonds. The zero-order valence-electron chi connectivity index (χ0n) is 12.2. The number of aliphatic imine (C=N–C) groups is 1. The van der Waals surface area contributed by atoms with E-state index in [1.807, 2.05) is 32.9 Å². The fraction of sp³-hybridized carbons (Fsp3) is 0.235. The lowest BCUT2D eigenvalue weighted by atomic mass is 9.85. The zero-order valence-corrected chi connectivity index (χ0v) is 12.2. The summed E-state index contributed by atoms with van der Waals surface area (Å²) in [6.45, 7) is 5.97. The van der Waals surface area contributed by atoms with Crippen molar-refractivity contribution in [1.82, 2.24) is 0 Å². The van der Waals surface area contributed by atoms with E-state index < -0.39 is 11.6 Å². The lowest BCUT2D eigenvalue weighted by molar-refractivity contribution is 0.446. The highest BCUT2D eigenvalue weighted by Crippen LogP contribution is 2.32. The highest BCUT2D eigenvalue weighted by atomic mass is 19.1. The minimum absolute atomic E-state index is 0.130. The molecule has 2 aromatic carbocycles. The largest absolute Gasteiger partial charge is 0.507 e. The molecule has 0 radical (unpaired) electrons. The summed E-state index contributed by atoms with van der Waals surface area (Å²) in [6, 6.07) is 8.40. The summed E-state index contributed by atoms with van der Waals surface area (Å²) in [5.41, 5.74) is 1.25. The van der Waals surface area contributed by atoms with Crippen molar-refractivity contribution in [1.29, 1.82) is 0 Å². The van der Waals surface area contributed by atoms with E-state index in [4.69, 9.17) is 0 Å². The third-order valence-corrected chi connectivity index (χ3v) is 3.08. The number of nitrogens with zero attached hydrogens (tertiary/aromatic N) is 1. The molecule has 0 aromatic heterocycles. The molecule has 0 heterocycles. The maximum Gasteiger partial charge on any atom is 0.128 e. The van der Waals surface area contributed by atoms with E-state index in [0.29, 0.717) is 5.56 Å². The van der Waals surface area contributed by atoms with Crippen molar-refractivity contribution in [2.45, 2.75) is 26.2 Å². The van der Waals surface area contributed by atoms with Crippen molar-refractivity contribution < 1.29 is 13.9 Å². The van der Waals surface area contributed by atoms with Crippen LogP contribution < -0.4 is 0 Å². The van der Waals surface area contributed by atoms with Gasteiger partial charge in [0.25, 0.3) is 0 Å². The van der Waals surface area contributed by atoms with E-state index in [2.05, 4.69) is 4.99 Å². The number of rotatable bonds is 2. The van der Waals surface area contributed by atoms with Crippen molar-refractivity contribution in [3.8, 4) is 5.75 Å². The molecular weight excluding hydrogens is 272 g/mol. The number of benzene rings is 2. The minimum atomic E-state index is -0.685. The fourth-order valence-corrected chi connectivity index (χ4v) is 2.03. The summed E-state index contributed by atoms with van der Waals surface area (Å²) in [7, 11) is 0. The molecule has 0 bridgehead atoms. The van der Waals surface area contributed by atoms with Crippen LogP contribution in [-0.2, 0) is 5.41 Å². The van der Waals surface area contributed by atoms with Crippen LogP contribution in [0.25, 0.3) is 0 Å². The molecule has 0 fully saturated rings. The number of hydrogen-bond acceptors (Lipinski definition) is 2. The second kappa shape index (κ2) is 5.64. The van der Waals surface area contributed by atoms with Gasteiger partial charge in [-0.05, 0) is 29.2 Å². The fourth-order valence-electron chi connectivity index (χ4n) is 2.03. The summed E-state index contributed by atoms with van der Waals surface area (Å²) < 4.78 is 26.2. The van der Waals surface area contributed by atoms with Crippen LogP contribution in [-0.4, -0.2) is 11.3 Å². The molecule has 2 aromatic rings. The van der Waals surface area contributed by atoms with E-state index in [0.717, 1.165) is 23.8 Å². The normalized spacial score (nSPS) is 12.0. The van der Waals surface area contributed by atoms with E-state index in [-0.39, 0.29) is 16.9 Å². The molecule has 0 aliphatic heterocycles. The van der Waals surface area contributed by atoms with Crippen molar-refractivity contribution in [2.24, 2.45) is 4.99 Å². The molecule has 0 spiro atoms. The van der Waals surface area contributed by atoms with E-state index in [9.17, 15) is 13.9 Å². The predicted octanol–water partition coefficient (Wildman–Crippen LogP) is 4.72. The van der Waals surface area contributed by atoms with Gasteiger partial charge in [0.2, 0.25) is 0 Å². The van der Waals surface area contributed by atoms with Gasteiger partial charge in [-0.15, -0.1) is 0 Å². The highest BCUT2D eigenvalue weighted by molar-refractivity contribution is 5.86. The Balaban J connectivity index is 2.38. The SMILES string of the molecule is CC(C)(C)c1cccc(C=Nc2cc(F)cc(F)c2)c1O. The van der Waals surface area contributed by atoms with Gasteiger partial charge in [-0.2, -0.15) is 0 Å². The van der Waals surface area contributed by atoms with Crippen molar-refractivity contribution in [3.63, 3.8) is 0 Å². The smallest absolute Gasteiger partial charge is 0.128 e. The standard InChI is InChI=1S/C17H17F2NO/c1-17(2,3)15-6-4-5-11(16(15)21)10-20-14-8-12(18)7-13(19)9-14/h4-10,21H,1-3H3. The van der Waals surface area contributed by atoms with Crippen LogP contribution in [0, 0.1) is 11.6 Å². The number of aromatic hydroxyl groups is 1. The molecule has 21 heavy (non-hydrogen) atoms. The topological polar surface area (TPSA) is 32.6 Å². The Hall–Kier alpha value is -2.23. The summed E-state index contributed by atoms with van der Waals surface area (Å²) in [4.78, 5) is 4.02. The minimum Gasteiger partial charge on any atom is -0.507 e. The number of phenolic OH excluding ortho intramolecular Hbond substituents is 1. The molecule has 0 atom stereocenters. The average Bonchev–Trinajstić information content (AvgIpc) is 2.35. The molecule has 0 saturated heterocycles. The Kier molecular flexibility index (Phi) is 4.07. The number of halogens is 2. The zero-order chi connectivity index (χ0) is 15.6. The molecule has 0 aliphatic carbocycles. The van der Waals surface area contributed by atoms with Crippen molar-refractivity contribution >= 4 is 11.9 Å². The molecular formula is C17H17F2NO. The van der Waals surface area contributed by atoms with Gasteiger partial charge in [0.05, 0.1) is 5.69 Å². The second-order valence-corrected chi connectivity index (χ2v) is 5.88. The lowest BCUT2D eigenvalue weighted by Gasteiger charge is -2.21. The van der Waals surface area contributed by atoms with Gasteiger partial charge < -0.3 is 5.11 Å². The molecule has 0 unspecified atom stereocenters. The molecule has 2 rings (SSSR count). The maximum absolute atomic E-state index is 13.1. The predicted molar refractivity (Wildman–Crippen MR) is 80.4 cm³/mol. The summed E-state index contributed by atoms with van der Waals surface area (Å²) in [5.74, 6) is -1.24. The molecule has 110 valence electrons. The first kappa shape index (κ1) is 15.2. The summed E-state index contributed by atoms with van der Waals surface area (Å²) in [6.07, 6.45) is 1.40. The van der Waals surface area contributed by atoms with Crippen LogP contribution in [0.3, 0.4) is 0 Å². The molecule has 1 N–H and O–H groups in total. The van der Waals surface area contributed by atoms with Crippen LogP contribution in [0.4, 0.5) is 14.5 Å². The van der Waals surface area contributed by atoms with E-state index in [1.165, 1.54) is 6.21 Å². The van der Waals surface area contributed by atoms with Crippen LogP contribution in [0.1, 0.15) is 31.9 Å². The summed E-state index contributed by atoms with van der Waals surface area (Å²) >= 11 is 0. The van der Waals surface area contributed by atoms with Crippen molar-refractivity contribution in [2.75, 3.05) is 0 Å². The van der Waals surface area contributed by atoms with Gasteiger partial charge in [-0.3, -0.25) is 4.99 Å². The highest BCUT2D eigenvalue weighted by Gasteiger charge is 2.19.